The van der Waals surface area contributed by atoms with Gasteiger partial charge in [0.1, 0.15) is 0 Å². The van der Waals surface area contributed by atoms with Gasteiger partial charge in [0.2, 0.25) is 0 Å². The largest absolute Gasteiger partial charge is 0.312 e. The van der Waals surface area contributed by atoms with Crippen LogP contribution in [0.15, 0.2) is 0 Å². The molecule has 2 saturated carbocycles. The molecule has 0 heterocycles. The standard InChI is InChI=1S/C14H27NS/c1-10(16-5)9-15-12-8-11-6-7-14(12,4)13(11,2)3/h10-12,15H,6-9H2,1-5H3. The fraction of sp³-hybridized carbons (Fsp3) is 1.00. The average molecular weight is 241 g/mol. The fourth-order valence-electron chi connectivity index (χ4n) is 3.90. The van der Waals surface area contributed by atoms with Crippen LogP contribution < -0.4 is 5.32 Å². The second-order valence-electron chi connectivity index (χ2n) is 6.62. The summed E-state index contributed by atoms with van der Waals surface area (Å²) in [5.74, 6) is 0.958. The molecule has 1 N–H and O–H groups in total. The summed E-state index contributed by atoms with van der Waals surface area (Å²) in [5.41, 5.74) is 1.09. The first-order chi connectivity index (χ1) is 7.41. The highest BCUT2D eigenvalue weighted by atomic mass is 32.2. The number of fused-ring (bicyclic) bond motifs is 2. The predicted molar refractivity (Wildman–Crippen MR) is 74.0 cm³/mol. The van der Waals surface area contributed by atoms with Crippen molar-refractivity contribution in [2.24, 2.45) is 16.7 Å². The summed E-state index contributed by atoms with van der Waals surface area (Å²) in [6.45, 7) is 11.0. The molecule has 94 valence electrons. The van der Waals surface area contributed by atoms with Crippen molar-refractivity contribution < 1.29 is 0 Å². The molecule has 0 aromatic heterocycles. The molecule has 0 spiro atoms. The van der Waals surface area contributed by atoms with Crippen LogP contribution in [0.2, 0.25) is 0 Å². The zero-order valence-electron chi connectivity index (χ0n) is 11.5. The van der Waals surface area contributed by atoms with E-state index in [0.717, 1.165) is 17.2 Å². The van der Waals surface area contributed by atoms with Gasteiger partial charge in [0.25, 0.3) is 0 Å². The summed E-state index contributed by atoms with van der Waals surface area (Å²) in [4.78, 5) is 0. The van der Waals surface area contributed by atoms with E-state index in [9.17, 15) is 0 Å². The monoisotopic (exact) mass is 241 g/mol. The molecule has 2 heteroatoms. The zero-order chi connectivity index (χ0) is 12.0. The summed E-state index contributed by atoms with van der Waals surface area (Å²) in [6, 6.07) is 0.760. The molecule has 0 saturated heterocycles. The van der Waals surface area contributed by atoms with Gasteiger partial charge in [-0.3, -0.25) is 0 Å². The molecule has 0 aromatic rings. The summed E-state index contributed by atoms with van der Waals surface area (Å²) >= 11 is 1.96. The minimum atomic E-state index is 0.537. The van der Waals surface area contributed by atoms with Crippen LogP contribution in [0.3, 0.4) is 0 Å². The number of rotatable bonds is 4. The van der Waals surface area contributed by atoms with Crippen molar-refractivity contribution in [3.05, 3.63) is 0 Å². The maximum Gasteiger partial charge on any atom is 0.0141 e. The van der Waals surface area contributed by atoms with E-state index >= 15 is 0 Å². The summed E-state index contributed by atoms with van der Waals surface area (Å²) in [6.07, 6.45) is 6.50. The maximum absolute atomic E-state index is 3.84. The van der Waals surface area contributed by atoms with Crippen molar-refractivity contribution in [2.75, 3.05) is 12.8 Å². The lowest BCUT2D eigenvalue weighted by Crippen LogP contribution is -2.46. The Kier molecular flexibility index (Phi) is 3.35. The topological polar surface area (TPSA) is 12.0 Å². The first-order valence-electron chi connectivity index (χ1n) is 6.68. The molecule has 0 amide bonds. The quantitative estimate of drug-likeness (QED) is 0.808. The van der Waals surface area contributed by atoms with E-state index in [1.807, 2.05) is 11.8 Å². The number of nitrogens with one attached hydrogen (secondary N) is 1. The molecule has 16 heavy (non-hydrogen) atoms. The van der Waals surface area contributed by atoms with E-state index in [1.54, 1.807) is 0 Å². The van der Waals surface area contributed by atoms with Gasteiger partial charge in [-0.1, -0.05) is 27.7 Å². The average Bonchev–Trinajstić information content (AvgIpc) is 2.58. The van der Waals surface area contributed by atoms with Crippen LogP contribution in [0.1, 0.15) is 47.0 Å². The lowest BCUT2D eigenvalue weighted by Gasteiger charge is -2.40. The molecule has 4 atom stereocenters. The number of hydrogen-bond acceptors (Lipinski definition) is 2. The normalized spacial score (nSPS) is 42.6. The lowest BCUT2D eigenvalue weighted by molar-refractivity contribution is 0.121. The van der Waals surface area contributed by atoms with Crippen LogP contribution in [0, 0.1) is 16.7 Å². The van der Waals surface area contributed by atoms with E-state index < -0.39 is 0 Å². The second kappa shape index (κ2) is 4.20. The first-order valence-corrected chi connectivity index (χ1v) is 7.97. The minimum Gasteiger partial charge on any atom is -0.312 e. The molecule has 2 fully saturated rings. The third-order valence-electron chi connectivity index (χ3n) is 5.85. The fourth-order valence-corrected chi connectivity index (χ4v) is 4.17. The predicted octanol–water partition coefficient (Wildman–Crippen LogP) is 3.54. The first kappa shape index (κ1) is 12.8. The van der Waals surface area contributed by atoms with Gasteiger partial charge in [0, 0.05) is 17.8 Å². The van der Waals surface area contributed by atoms with Crippen molar-refractivity contribution in [3.63, 3.8) is 0 Å². The Morgan fingerprint density at radius 1 is 1.38 bits per heavy atom. The molecule has 2 bridgehead atoms. The molecule has 1 nitrogen and oxygen atoms in total. The summed E-state index contributed by atoms with van der Waals surface area (Å²) < 4.78 is 0. The van der Waals surface area contributed by atoms with Gasteiger partial charge in [-0.05, 0) is 42.3 Å². The highest BCUT2D eigenvalue weighted by molar-refractivity contribution is 7.99. The van der Waals surface area contributed by atoms with E-state index in [1.165, 1.54) is 25.8 Å². The molecule has 2 aliphatic carbocycles. The van der Waals surface area contributed by atoms with Crippen LogP contribution in [0.5, 0.6) is 0 Å². The van der Waals surface area contributed by atoms with Crippen molar-refractivity contribution in [2.45, 2.75) is 58.2 Å². The summed E-state index contributed by atoms with van der Waals surface area (Å²) in [5, 5.41) is 4.58. The third-order valence-corrected chi connectivity index (χ3v) is 6.82. The van der Waals surface area contributed by atoms with Crippen molar-refractivity contribution in [3.8, 4) is 0 Å². The lowest BCUT2D eigenvalue weighted by atomic mass is 9.69. The van der Waals surface area contributed by atoms with E-state index in [-0.39, 0.29) is 0 Å². The molecular weight excluding hydrogens is 214 g/mol. The number of hydrogen-bond donors (Lipinski definition) is 1. The second-order valence-corrected chi connectivity index (χ2v) is 7.89. The highest BCUT2D eigenvalue weighted by Crippen LogP contribution is 2.65. The molecule has 4 unspecified atom stereocenters. The van der Waals surface area contributed by atoms with Gasteiger partial charge in [-0.2, -0.15) is 11.8 Å². The van der Waals surface area contributed by atoms with E-state index in [0.29, 0.717) is 10.8 Å². The van der Waals surface area contributed by atoms with Gasteiger partial charge in [0.15, 0.2) is 0 Å². The van der Waals surface area contributed by atoms with E-state index in [2.05, 4.69) is 39.3 Å². The Bertz CT molecular complexity index is 263. The number of thioether (sulfide) groups is 1. The van der Waals surface area contributed by atoms with Crippen LogP contribution in [-0.2, 0) is 0 Å². The van der Waals surface area contributed by atoms with Gasteiger partial charge >= 0.3 is 0 Å². The molecule has 0 aromatic carbocycles. The van der Waals surface area contributed by atoms with Crippen LogP contribution in [-0.4, -0.2) is 24.1 Å². The van der Waals surface area contributed by atoms with Gasteiger partial charge in [0.05, 0.1) is 0 Å². The van der Waals surface area contributed by atoms with Crippen LogP contribution in [0.25, 0.3) is 0 Å². The molecule has 0 radical (unpaired) electrons. The van der Waals surface area contributed by atoms with Gasteiger partial charge < -0.3 is 5.32 Å². The maximum atomic E-state index is 3.84. The summed E-state index contributed by atoms with van der Waals surface area (Å²) in [7, 11) is 0. The molecule has 0 aliphatic heterocycles. The van der Waals surface area contributed by atoms with Crippen LogP contribution >= 0.6 is 11.8 Å². The Morgan fingerprint density at radius 2 is 2.06 bits per heavy atom. The Hall–Kier alpha value is 0.310. The third kappa shape index (κ3) is 1.73. The van der Waals surface area contributed by atoms with E-state index in [4.69, 9.17) is 0 Å². The molecule has 2 rings (SSSR count). The Balaban J connectivity index is 1.99. The van der Waals surface area contributed by atoms with Gasteiger partial charge in [-0.25, -0.2) is 0 Å². The molecular formula is C14H27NS. The SMILES string of the molecule is CSC(C)CNC1CC2CCC1(C)C2(C)C. The minimum absolute atomic E-state index is 0.537. The van der Waals surface area contributed by atoms with Crippen molar-refractivity contribution >= 4 is 11.8 Å². The highest BCUT2D eigenvalue weighted by Gasteiger charge is 2.60. The Labute approximate surface area is 105 Å². The smallest absolute Gasteiger partial charge is 0.0141 e. The Morgan fingerprint density at radius 3 is 2.50 bits per heavy atom. The van der Waals surface area contributed by atoms with Gasteiger partial charge in [-0.15, -0.1) is 0 Å². The van der Waals surface area contributed by atoms with Crippen LogP contribution in [0.4, 0.5) is 0 Å². The van der Waals surface area contributed by atoms with Crippen molar-refractivity contribution in [1.82, 2.24) is 5.32 Å². The molecule has 2 aliphatic rings. The van der Waals surface area contributed by atoms with Crippen molar-refractivity contribution in [1.29, 1.82) is 0 Å². The zero-order valence-corrected chi connectivity index (χ0v) is 12.3.